The molecule has 0 saturated heterocycles. The highest BCUT2D eigenvalue weighted by atomic mass is 15.2. The predicted molar refractivity (Wildman–Crippen MR) is 70.2 cm³/mol. The molecule has 0 aliphatic carbocycles. The second-order valence-corrected chi connectivity index (χ2v) is 4.01. The third-order valence-corrected chi connectivity index (χ3v) is 2.75. The molecular weight excluding hydrogens is 224 g/mol. The Morgan fingerprint density at radius 2 is 2.00 bits per heavy atom. The highest BCUT2D eigenvalue weighted by molar-refractivity contribution is 5.52. The van der Waals surface area contributed by atoms with Gasteiger partial charge in [-0.25, -0.2) is 4.98 Å². The molecule has 2 rings (SSSR count). The molecule has 0 aliphatic heterocycles. The Labute approximate surface area is 107 Å². The van der Waals surface area contributed by atoms with Crippen molar-refractivity contribution in [3.63, 3.8) is 0 Å². The van der Waals surface area contributed by atoms with E-state index in [-0.39, 0.29) is 0 Å². The van der Waals surface area contributed by atoms with Crippen LogP contribution in [-0.2, 0) is 6.42 Å². The van der Waals surface area contributed by atoms with Gasteiger partial charge >= 0.3 is 0 Å². The minimum Gasteiger partial charge on any atom is -0.358 e. The van der Waals surface area contributed by atoms with Crippen molar-refractivity contribution in [1.29, 1.82) is 5.26 Å². The summed E-state index contributed by atoms with van der Waals surface area (Å²) in [4.78, 5) is 10.2. The smallest absolute Gasteiger partial charge is 0.146 e. The van der Waals surface area contributed by atoms with Crippen molar-refractivity contribution < 1.29 is 0 Å². The zero-order chi connectivity index (χ0) is 12.8. The number of nitriles is 1. The van der Waals surface area contributed by atoms with Gasteiger partial charge in [0.25, 0.3) is 0 Å². The number of pyridine rings is 2. The van der Waals surface area contributed by atoms with Gasteiger partial charge in [-0.3, -0.25) is 4.98 Å². The molecule has 0 bridgehead atoms. The molecule has 0 aromatic carbocycles. The van der Waals surface area contributed by atoms with E-state index in [1.807, 2.05) is 24.1 Å². The van der Waals surface area contributed by atoms with Crippen molar-refractivity contribution in [3.8, 4) is 6.07 Å². The summed E-state index contributed by atoms with van der Waals surface area (Å²) in [6, 6.07) is 9.72. The Balaban J connectivity index is 2.04. The summed E-state index contributed by atoms with van der Waals surface area (Å²) in [5, 5.41) is 9.03. The van der Waals surface area contributed by atoms with E-state index in [9.17, 15) is 0 Å². The Bertz CT molecular complexity index is 545. The second kappa shape index (κ2) is 5.78. The van der Waals surface area contributed by atoms with E-state index in [2.05, 4.69) is 16.0 Å². The minimum atomic E-state index is 0.606. The maximum atomic E-state index is 9.03. The van der Waals surface area contributed by atoms with E-state index in [1.165, 1.54) is 5.56 Å². The topological polar surface area (TPSA) is 52.8 Å². The summed E-state index contributed by atoms with van der Waals surface area (Å²) >= 11 is 0. The molecule has 0 fully saturated rings. The van der Waals surface area contributed by atoms with Gasteiger partial charge in [-0.1, -0.05) is 0 Å². The maximum absolute atomic E-state index is 9.03. The summed E-state index contributed by atoms with van der Waals surface area (Å²) in [6.45, 7) is 0.815. The third kappa shape index (κ3) is 2.83. The Morgan fingerprint density at radius 3 is 2.72 bits per heavy atom. The van der Waals surface area contributed by atoms with E-state index in [1.54, 1.807) is 30.7 Å². The molecule has 4 heteroatoms. The number of hydrogen-bond donors (Lipinski definition) is 0. The van der Waals surface area contributed by atoms with Gasteiger partial charge in [-0.2, -0.15) is 5.26 Å². The lowest BCUT2D eigenvalue weighted by Crippen LogP contribution is -2.22. The van der Waals surface area contributed by atoms with E-state index < -0.39 is 0 Å². The Kier molecular flexibility index (Phi) is 3.87. The highest BCUT2D eigenvalue weighted by Crippen LogP contribution is 2.14. The largest absolute Gasteiger partial charge is 0.358 e. The van der Waals surface area contributed by atoms with Crippen molar-refractivity contribution in [3.05, 3.63) is 54.0 Å². The lowest BCUT2D eigenvalue weighted by atomic mass is 10.2. The highest BCUT2D eigenvalue weighted by Gasteiger charge is 2.07. The van der Waals surface area contributed by atoms with Crippen LogP contribution in [0.1, 0.15) is 11.1 Å². The summed E-state index contributed by atoms with van der Waals surface area (Å²) < 4.78 is 0. The van der Waals surface area contributed by atoms with Crippen LogP contribution in [0.5, 0.6) is 0 Å². The van der Waals surface area contributed by atoms with E-state index in [0.29, 0.717) is 5.56 Å². The van der Waals surface area contributed by atoms with Gasteiger partial charge < -0.3 is 4.90 Å². The molecule has 0 unspecified atom stereocenters. The van der Waals surface area contributed by atoms with Gasteiger partial charge in [0, 0.05) is 32.2 Å². The van der Waals surface area contributed by atoms with Gasteiger partial charge in [0.15, 0.2) is 0 Å². The first-order valence-corrected chi connectivity index (χ1v) is 5.76. The molecule has 2 aromatic heterocycles. The minimum absolute atomic E-state index is 0.606. The number of aromatic nitrogens is 2. The lowest BCUT2D eigenvalue weighted by molar-refractivity contribution is 0.856. The van der Waals surface area contributed by atoms with Crippen molar-refractivity contribution in [1.82, 2.24) is 9.97 Å². The van der Waals surface area contributed by atoms with E-state index in [4.69, 9.17) is 5.26 Å². The van der Waals surface area contributed by atoms with Crippen LogP contribution in [0.15, 0.2) is 42.9 Å². The van der Waals surface area contributed by atoms with Crippen LogP contribution in [0.3, 0.4) is 0 Å². The lowest BCUT2D eigenvalue weighted by Gasteiger charge is -2.18. The van der Waals surface area contributed by atoms with Crippen LogP contribution in [-0.4, -0.2) is 23.6 Å². The summed E-state index contributed by atoms with van der Waals surface area (Å²) in [7, 11) is 1.95. The van der Waals surface area contributed by atoms with Crippen molar-refractivity contribution >= 4 is 5.82 Å². The van der Waals surface area contributed by atoms with Gasteiger partial charge in [0.05, 0.1) is 5.56 Å². The number of nitrogens with zero attached hydrogens (tertiary/aromatic N) is 4. The van der Waals surface area contributed by atoms with Crippen molar-refractivity contribution in [2.45, 2.75) is 6.42 Å². The van der Waals surface area contributed by atoms with E-state index in [0.717, 1.165) is 18.8 Å². The fourth-order valence-corrected chi connectivity index (χ4v) is 1.74. The van der Waals surface area contributed by atoms with E-state index >= 15 is 0 Å². The molecule has 0 atom stereocenters. The standard InChI is InChI=1S/C14H14N4/c1-18(10-6-12-4-8-16-9-5-12)14-13(11-15)3-2-7-17-14/h2-5,7-9H,6,10H2,1H3. The molecule has 4 nitrogen and oxygen atoms in total. The maximum Gasteiger partial charge on any atom is 0.146 e. The predicted octanol–water partition coefficient (Wildman–Crippen LogP) is 2.03. The summed E-state index contributed by atoms with van der Waals surface area (Å²) in [5.41, 5.74) is 1.83. The normalized spacial score (nSPS) is 9.78. The molecule has 2 heterocycles. The Hall–Kier alpha value is -2.41. The molecule has 0 radical (unpaired) electrons. The van der Waals surface area contributed by atoms with Gasteiger partial charge in [-0.05, 0) is 36.2 Å². The number of hydrogen-bond acceptors (Lipinski definition) is 4. The number of likely N-dealkylation sites (N-methyl/N-ethyl adjacent to an activating group) is 1. The van der Waals surface area contributed by atoms with Gasteiger partial charge in [-0.15, -0.1) is 0 Å². The number of rotatable bonds is 4. The Morgan fingerprint density at radius 1 is 1.22 bits per heavy atom. The van der Waals surface area contributed by atoms with Gasteiger partial charge in [0.2, 0.25) is 0 Å². The SMILES string of the molecule is CN(CCc1ccncc1)c1ncccc1C#N. The van der Waals surface area contributed by atoms with Crippen LogP contribution in [0.25, 0.3) is 0 Å². The van der Waals surface area contributed by atoms with Crippen molar-refractivity contribution in [2.24, 2.45) is 0 Å². The molecule has 0 aliphatic rings. The number of anilines is 1. The zero-order valence-corrected chi connectivity index (χ0v) is 10.2. The molecule has 0 saturated carbocycles. The average molecular weight is 238 g/mol. The fourth-order valence-electron chi connectivity index (χ4n) is 1.74. The quantitative estimate of drug-likeness (QED) is 0.817. The monoisotopic (exact) mass is 238 g/mol. The summed E-state index contributed by atoms with van der Waals surface area (Å²) in [5.74, 6) is 0.731. The van der Waals surface area contributed by atoms with Gasteiger partial charge in [0.1, 0.15) is 11.9 Å². The average Bonchev–Trinajstić information content (AvgIpc) is 2.45. The molecular formula is C14H14N4. The molecule has 18 heavy (non-hydrogen) atoms. The second-order valence-electron chi connectivity index (χ2n) is 4.01. The van der Waals surface area contributed by atoms with Crippen LogP contribution >= 0.6 is 0 Å². The first-order chi connectivity index (χ1) is 8.81. The van der Waals surface area contributed by atoms with Crippen LogP contribution in [0.2, 0.25) is 0 Å². The van der Waals surface area contributed by atoms with Crippen molar-refractivity contribution in [2.75, 3.05) is 18.5 Å². The molecule has 90 valence electrons. The first kappa shape index (κ1) is 12.1. The van der Waals surface area contributed by atoms with Crippen LogP contribution in [0, 0.1) is 11.3 Å². The summed E-state index contributed by atoms with van der Waals surface area (Å²) in [6.07, 6.45) is 6.19. The zero-order valence-electron chi connectivity index (χ0n) is 10.2. The molecule has 0 N–H and O–H groups in total. The molecule has 0 amide bonds. The molecule has 0 spiro atoms. The third-order valence-electron chi connectivity index (χ3n) is 2.75. The first-order valence-electron chi connectivity index (χ1n) is 5.76. The fraction of sp³-hybridized carbons (Fsp3) is 0.214. The van der Waals surface area contributed by atoms with Crippen LogP contribution < -0.4 is 4.90 Å². The molecule has 2 aromatic rings. The van der Waals surface area contributed by atoms with Crippen LogP contribution in [0.4, 0.5) is 5.82 Å².